The maximum Gasteiger partial charge on any atom is 0.262 e. The van der Waals surface area contributed by atoms with Crippen LogP contribution in [0.25, 0.3) is 0 Å². The molecule has 2 amide bonds. The van der Waals surface area contributed by atoms with Crippen molar-refractivity contribution in [3.05, 3.63) is 65.5 Å². The van der Waals surface area contributed by atoms with Crippen LogP contribution in [0.3, 0.4) is 0 Å². The van der Waals surface area contributed by atoms with E-state index < -0.39 is 36.7 Å². The topological polar surface area (TPSA) is 70.2 Å². The molecule has 0 saturated carbocycles. The molecular formula is C19H18F3N3O2. The molecule has 8 heteroatoms. The molecule has 1 fully saturated rings. The molecule has 0 aromatic heterocycles. The number of alkyl halides is 2. The van der Waals surface area contributed by atoms with E-state index in [0.29, 0.717) is 11.3 Å². The molecule has 3 N–H and O–H groups in total. The van der Waals surface area contributed by atoms with Crippen molar-refractivity contribution in [3.63, 3.8) is 0 Å². The summed E-state index contributed by atoms with van der Waals surface area (Å²) in [6, 6.07) is 11.0. The van der Waals surface area contributed by atoms with Crippen molar-refractivity contribution in [2.24, 2.45) is 0 Å². The number of nitrogens with one attached hydrogen (secondary N) is 3. The lowest BCUT2D eigenvalue weighted by Gasteiger charge is -2.11. The second-order valence-electron chi connectivity index (χ2n) is 6.37. The maximum atomic E-state index is 13.1. The van der Waals surface area contributed by atoms with Gasteiger partial charge in [-0.3, -0.25) is 14.9 Å². The van der Waals surface area contributed by atoms with E-state index in [-0.39, 0.29) is 12.5 Å². The predicted molar refractivity (Wildman–Crippen MR) is 94.0 cm³/mol. The smallest absolute Gasteiger partial charge is 0.262 e. The Morgan fingerprint density at radius 1 is 1.07 bits per heavy atom. The van der Waals surface area contributed by atoms with Gasteiger partial charge in [0.15, 0.2) is 0 Å². The fourth-order valence-corrected chi connectivity index (χ4v) is 2.72. The van der Waals surface area contributed by atoms with Crippen LogP contribution < -0.4 is 16.0 Å². The SMILES string of the molecule is O=C(Nc1ccc(F)cc1)c1ccc(CNC(=O)C2CC(F)(F)CN2)cc1. The molecule has 0 aliphatic carbocycles. The van der Waals surface area contributed by atoms with Crippen LogP contribution in [0.4, 0.5) is 18.9 Å². The second kappa shape index (κ2) is 7.79. The number of rotatable bonds is 5. The third-order valence-electron chi connectivity index (χ3n) is 4.21. The van der Waals surface area contributed by atoms with Crippen LogP contribution in [0, 0.1) is 5.82 Å². The first-order chi connectivity index (χ1) is 12.8. The highest BCUT2D eigenvalue weighted by atomic mass is 19.3. The van der Waals surface area contributed by atoms with Gasteiger partial charge in [0.05, 0.1) is 12.6 Å². The first-order valence-electron chi connectivity index (χ1n) is 8.37. The summed E-state index contributed by atoms with van der Waals surface area (Å²) in [5.74, 6) is -4.09. The highest BCUT2D eigenvalue weighted by molar-refractivity contribution is 6.04. The summed E-state index contributed by atoms with van der Waals surface area (Å²) in [6.45, 7) is -0.328. The van der Waals surface area contributed by atoms with E-state index >= 15 is 0 Å². The van der Waals surface area contributed by atoms with Gasteiger partial charge < -0.3 is 10.6 Å². The summed E-state index contributed by atoms with van der Waals surface area (Å²) in [7, 11) is 0. The molecule has 27 heavy (non-hydrogen) atoms. The van der Waals surface area contributed by atoms with Gasteiger partial charge in [0.1, 0.15) is 5.82 Å². The number of carbonyl (C=O) groups excluding carboxylic acids is 2. The molecule has 2 aromatic carbocycles. The summed E-state index contributed by atoms with van der Waals surface area (Å²) in [6.07, 6.45) is -0.513. The molecule has 2 aromatic rings. The van der Waals surface area contributed by atoms with E-state index in [2.05, 4.69) is 16.0 Å². The van der Waals surface area contributed by atoms with Gasteiger partial charge in [-0.15, -0.1) is 0 Å². The zero-order valence-corrected chi connectivity index (χ0v) is 14.3. The molecule has 1 atom stereocenters. The lowest BCUT2D eigenvalue weighted by atomic mass is 10.1. The number of amides is 2. The van der Waals surface area contributed by atoms with Crippen LogP contribution in [-0.4, -0.2) is 30.3 Å². The van der Waals surface area contributed by atoms with Crippen LogP contribution in [0.1, 0.15) is 22.3 Å². The molecular weight excluding hydrogens is 359 g/mol. The van der Waals surface area contributed by atoms with Crippen molar-refractivity contribution < 1.29 is 22.8 Å². The lowest BCUT2D eigenvalue weighted by molar-refractivity contribution is -0.123. The molecule has 1 aliphatic heterocycles. The Bertz CT molecular complexity index is 823. The summed E-state index contributed by atoms with van der Waals surface area (Å²) in [5, 5.41) is 7.74. The minimum atomic E-state index is -2.86. The minimum absolute atomic E-state index is 0.169. The van der Waals surface area contributed by atoms with Crippen LogP contribution in [0.15, 0.2) is 48.5 Å². The molecule has 1 heterocycles. The number of anilines is 1. The Morgan fingerprint density at radius 2 is 1.74 bits per heavy atom. The largest absolute Gasteiger partial charge is 0.351 e. The molecule has 5 nitrogen and oxygen atoms in total. The van der Waals surface area contributed by atoms with Gasteiger partial charge in [-0.2, -0.15) is 0 Å². The van der Waals surface area contributed by atoms with Crippen LogP contribution in [-0.2, 0) is 11.3 Å². The number of hydrogen-bond acceptors (Lipinski definition) is 3. The maximum absolute atomic E-state index is 13.1. The van der Waals surface area contributed by atoms with Gasteiger partial charge in [-0.05, 0) is 42.0 Å². The summed E-state index contributed by atoms with van der Waals surface area (Å²) in [5.41, 5.74) is 1.59. The Balaban J connectivity index is 1.51. The highest BCUT2D eigenvalue weighted by Gasteiger charge is 2.42. The van der Waals surface area contributed by atoms with Crippen LogP contribution in [0.5, 0.6) is 0 Å². The second-order valence-corrected chi connectivity index (χ2v) is 6.37. The number of benzene rings is 2. The van der Waals surface area contributed by atoms with Gasteiger partial charge in [0.25, 0.3) is 11.8 Å². The standard InChI is InChI=1S/C19H18F3N3O2/c20-14-5-7-15(8-6-14)25-17(26)13-3-1-12(2-4-13)10-23-18(27)16-9-19(21,22)11-24-16/h1-8,16,24H,9-11H2,(H,23,27)(H,25,26). The van der Waals surface area contributed by atoms with E-state index in [0.717, 1.165) is 5.56 Å². The van der Waals surface area contributed by atoms with Crippen molar-refractivity contribution >= 4 is 17.5 Å². The quantitative estimate of drug-likeness (QED) is 0.750. The summed E-state index contributed by atoms with van der Waals surface area (Å²) >= 11 is 0. The monoisotopic (exact) mass is 377 g/mol. The Hall–Kier alpha value is -2.87. The number of carbonyl (C=O) groups is 2. The average Bonchev–Trinajstić information content (AvgIpc) is 3.02. The van der Waals surface area contributed by atoms with E-state index in [1.807, 2.05) is 0 Å². The van der Waals surface area contributed by atoms with Crippen molar-refractivity contribution in [2.75, 3.05) is 11.9 Å². The fourth-order valence-electron chi connectivity index (χ4n) is 2.72. The normalized spacial score (nSPS) is 18.1. The lowest BCUT2D eigenvalue weighted by Crippen LogP contribution is -2.40. The van der Waals surface area contributed by atoms with E-state index in [4.69, 9.17) is 0 Å². The van der Waals surface area contributed by atoms with Crippen molar-refractivity contribution in [3.8, 4) is 0 Å². The molecule has 1 aliphatic rings. The fraction of sp³-hybridized carbons (Fsp3) is 0.263. The van der Waals surface area contributed by atoms with Gasteiger partial charge in [0.2, 0.25) is 5.91 Å². The van der Waals surface area contributed by atoms with E-state index in [1.54, 1.807) is 24.3 Å². The predicted octanol–water partition coefficient (Wildman–Crippen LogP) is 2.69. The average molecular weight is 377 g/mol. The number of hydrogen-bond donors (Lipinski definition) is 3. The van der Waals surface area contributed by atoms with Crippen molar-refractivity contribution in [1.29, 1.82) is 0 Å². The summed E-state index contributed by atoms with van der Waals surface area (Å²) < 4.78 is 39.1. The third-order valence-corrected chi connectivity index (χ3v) is 4.21. The zero-order valence-electron chi connectivity index (χ0n) is 14.3. The zero-order chi connectivity index (χ0) is 19.4. The highest BCUT2D eigenvalue weighted by Crippen LogP contribution is 2.25. The molecule has 0 radical (unpaired) electrons. The van der Waals surface area contributed by atoms with Gasteiger partial charge >= 0.3 is 0 Å². The van der Waals surface area contributed by atoms with Crippen LogP contribution in [0.2, 0.25) is 0 Å². The molecule has 142 valence electrons. The Labute approximate surface area is 154 Å². The third kappa shape index (κ3) is 5.07. The molecule has 1 unspecified atom stereocenters. The van der Waals surface area contributed by atoms with Crippen molar-refractivity contribution in [1.82, 2.24) is 10.6 Å². The van der Waals surface area contributed by atoms with E-state index in [1.165, 1.54) is 24.3 Å². The first kappa shape index (κ1) is 18.9. The van der Waals surface area contributed by atoms with Crippen LogP contribution >= 0.6 is 0 Å². The minimum Gasteiger partial charge on any atom is -0.351 e. The molecule has 0 bridgehead atoms. The Kier molecular flexibility index (Phi) is 5.46. The molecule has 0 spiro atoms. The summed E-state index contributed by atoms with van der Waals surface area (Å²) in [4.78, 5) is 24.1. The van der Waals surface area contributed by atoms with E-state index in [9.17, 15) is 22.8 Å². The van der Waals surface area contributed by atoms with Gasteiger partial charge in [0, 0.05) is 24.2 Å². The molecule has 1 saturated heterocycles. The Morgan fingerprint density at radius 3 is 2.33 bits per heavy atom. The van der Waals surface area contributed by atoms with Gasteiger partial charge in [-0.1, -0.05) is 12.1 Å². The number of halogens is 3. The first-order valence-corrected chi connectivity index (χ1v) is 8.37. The van der Waals surface area contributed by atoms with Gasteiger partial charge in [-0.25, -0.2) is 13.2 Å². The molecule has 3 rings (SSSR count). The van der Waals surface area contributed by atoms with Crippen molar-refractivity contribution in [2.45, 2.75) is 24.9 Å².